The lowest BCUT2D eigenvalue weighted by molar-refractivity contribution is -0.146. The molecule has 1 aliphatic rings. The van der Waals surface area contributed by atoms with E-state index in [2.05, 4.69) is 0 Å². The van der Waals surface area contributed by atoms with Gasteiger partial charge in [-0.2, -0.15) is 0 Å². The Morgan fingerprint density at radius 3 is 1.71 bits per heavy atom. The molecule has 1 heterocycles. The van der Waals surface area contributed by atoms with Gasteiger partial charge in [-0.15, -0.1) is 0 Å². The molecule has 1 aliphatic heterocycles. The second kappa shape index (κ2) is 10.3. The number of rotatable bonds is 6. The molecule has 1 saturated heterocycles. The van der Waals surface area contributed by atoms with Gasteiger partial charge in [0.2, 0.25) is 0 Å². The molecule has 3 aromatic rings. The second-order valence-electron chi connectivity index (χ2n) is 8.41. The lowest BCUT2D eigenvalue weighted by atomic mass is 9.90. The average molecular weight is 457 g/mol. The van der Waals surface area contributed by atoms with Crippen molar-refractivity contribution in [3.05, 3.63) is 108 Å². The highest BCUT2D eigenvalue weighted by atomic mass is 16.5. The van der Waals surface area contributed by atoms with E-state index < -0.39 is 24.0 Å². The minimum Gasteiger partial charge on any atom is -0.469 e. The van der Waals surface area contributed by atoms with Crippen LogP contribution in [-0.2, 0) is 16.0 Å². The van der Waals surface area contributed by atoms with Crippen LogP contribution in [0.3, 0.4) is 0 Å². The van der Waals surface area contributed by atoms with E-state index in [9.17, 15) is 14.4 Å². The third-order valence-electron chi connectivity index (χ3n) is 6.37. The SMILES string of the molecule is COC(=O)[C@@H]1[C@@H](C)N(C(=O)c2ccccc2)N(C(=O)c2ccccc2)[C@H]1CCc1ccccc1. The van der Waals surface area contributed by atoms with Crippen molar-refractivity contribution in [1.82, 2.24) is 10.0 Å². The fourth-order valence-corrected chi connectivity index (χ4v) is 4.69. The number of carbonyl (C=O) groups is 3. The van der Waals surface area contributed by atoms with Gasteiger partial charge in [-0.25, -0.2) is 10.0 Å². The maximum atomic E-state index is 13.8. The fraction of sp³-hybridized carbons (Fsp3) is 0.250. The van der Waals surface area contributed by atoms with Crippen molar-refractivity contribution in [2.45, 2.75) is 31.8 Å². The van der Waals surface area contributed by atoms with E-state index in [0.717, 1.165) is 5.56 Å². The number of nitrogens with zero attached hydrogens (tertiary/aromatic N) is 2. The molecule has 34 heavy (non-hydrogen) atoms. The first kappa shape index (κ1) is 23.2. The molecule has 174 valence electrons. The van der Waals surface area contributed by atoms with E-state index in [0.29, 0.717) is 24.0 Å². The standard InChI is InChI=1S/C28H28N2O4/c1-20-25(28(33)34-2)24(19-18-21-12-6-3-7-13-21)30(27(32)23-16-10-5-11-17-23)29(20)26(31)22-14-8-4-9-15-22/h3-17,20,24-25H,18-19H2,1-2H3/t20-,24+,25-/m1/s1. The highest BCUT2D eigenvalue weighted by Crippen LogP contribution is 2.36. The van der Waals surface area contributed by atoms with Crippen molar-refractivity contribution >= 4 is 17.8 Å². The maximum absolute atomic E-state index is 13.8. The van der Waals surface area contributed by atoms with Gasteiger partial charge in [-0.1, -0.05) is 66.7 Å². The lowest BCUT2D eigenvalue weighted by Crippen LogP contribution is -2.50. The summed E-state index contributed by atoms with van der Waals surface area (Å²) in [5.41, 5.74) is 2.00. The van der Waals surface area contributed by atoms with Crippen molar-refractivity contribution in [2.24, 2.45) is 5.92 Å². The normalized spacial score (nSPS) is 19.6. The predicted molar refractivity (Wildman–Crippen MR) is 129 cm³/mol. The highest BCUT2D eigenvalue weighted by Gasteiger charge is 2.53. The third-order valence-corrected chi connectivity index (χ3v) is 6.37. The van der Waals surface area contributed by atoms with Crippen molar-refractivity contribution in [1.29, 1.82) is 0 Å². The number of methoxy groups -OCH3 is 1. The van der Waals surface area contributed by atoms with Gasteiger partial charge < -0.3 is 4.74 Å². The summed E-state index contributed by atoms with van der Waals surface area (Å²) < 4.78 is 5.14. The Morgan fingerprint density at radius 2 is 1.21 bits per heavy atom. The van der Waals surface area contributed by atoms with Crippen LogP contribution in [0.4, 0.5) is 0 Å². The van der Waals surface area contributed by atoms with Crippen LogP contribution in [0.1, 0.15) is 39.6 Å². The molecule has 0 unspecified atom stereocenters. The summed E-state index contributed by atoms with van der Waals surface area (Å²) in [5.74, 6) is -1.75. The number of benzene rings is 3. The topological polar surface area (TPSA) is 66.9 Å². The molecule has 2 amide bonds. The maximum Gasteiger partial charge on any atom is 0.313 e. The van der Waals surface area contributed by atoms with Crippen LogP contribution < -0.4 is 0 Å². The molecule has 0 saturated carbocycles. The van der Waals surface area contributed by atoms with Gasteiger partial charge in [-0.05, 0) is 49.6 Å². The van der Waals surface area contributed by atoms with Crippen LogP contribution in [0.15, 0.2) is 91.0 Å². The van der Waals surface area contributed by atoms with Crippen LogP contribution in [0, 0.1) is 5.92 Å². The molecular weight excluding hydrogens is 428 g/mol. The summed E-state index contributed by atoms with van der Waals surface area (Å²) in [6, 6.07) is 26.5. The van der Waals surface area contributed by atoms with Crippen molar-refractivity contribution in [2.75, 3.05) is 7.11 Å². The van der Waals surface area contributed by atoms with Crippen molar-refractivity contribution in [3.63, 3.8) is 0 Å². The molecule has 0 bridgehead atoms. The van der Waals surface area contributed by atoms with Crippen LogP contribution in [0.5, 0.6) is 0 Å². The highest BCUT2D eigenvalue weighted by molar-refractivity contribution is 6.00. The number of aryl methyl sites for hydroxylation is 1. The zero-order valence-corrected chi connectivity index (χ0v) is 19.3. The minimum atomic E-state index is -0.672. The minimum absolute atomic E-state index is 0.318. The summed E-state index contributed by atoms with van der Waals surface area (Å²) in [6.07, 6.45) is 1.16. The first-order chi connectivity index (χ1) is 16.5. The Balaban J connectivity index is 1.77. The van der Waals surface area contributed by atoms with E-state index in [4.69, 9.17) is 4.74 Å². The first-order valence-corrected chi connectivity index (χ1v) is 11.4. The van der Waals surface area contributed by atoms with E-state index in [1.165, 1.54) is 17.1 Å². The lowest BCUT2D eigenvalue weighted by Gasteiger charge is -2.34. The zero-order chi connectivity index (χ0) is 24.1. The summed E-state index contributed by atoms with van der Waals surface area (Å²) in [6.45, 7) is 1.80. The van der Waals surface area contributed by atoms with Gasteiger partial charge in [0.05, 0.1) is 19.2 Å². The molecule has 6 nitrogen and oxygen atoms in total. The molecular formula is C28H28N2O4. The Hall–Kier alpha value is -3.93. The summed E-state index contributed by atoms with van der Waals surface area (Å²) in [5, 5.41) is 2.93. The molecule has 0 radical (unpaired) electrons. The Morgan fingerprint density at radius 1 is 0.735 bits per heavy atom. The molecule has 3 atom stereocenters. The van der Waals surface area contributed by atoms with E-state index in [1.54, 1.807) is 55.5 Å². The molecule has 4 rings (SSSR count). The molecule has 0 N–H and O–H groups in total. The van der Waals surface area contributed by atoms with Gasteiger partial charge >= 0.3 is 5.97 Å². The van der Waals surface area contributed by atoms with Crippen LogP contribution in [0.25, 0.3) is 0 Å². The van der Waals surface area contributed by atoms with Crippen LogP contribution in [0.2, 0.25) is 0 Å². The Labute approximate surface area is 199 Å². The van der Waals surface area contributed by atoms with E-state index in [-0.39, 0.29) is 11.8 Å². The largest absolute Gasteiger partial charge is 0.469 e. The Bertz CT molecular complexity index is 1130. The molecule has 0 aromatic heterocycles. The first-order valence-electron chi connectivity index (χ1n) is 11.4. The number of amides is 2. The summed E-state index contributed by atoms with van der Waals surface area (Å²) in [7, 11) is 1.34. The zero-order valence-electron chi connectivity index (χ0n) is 19.3. The molecule has 3 aromatic carbocycles. The van der Waals surface area contributed by atoms with E-state index in [1.807, 2.05) is 42.5 Å². The number of ether oxygens (including phenoxy) is 1. The molecule has 6 heteroatoms. The van der Waals surface area contributed by atoms with Gasteiger partial charge in [-0.3, -0.25) is 14.4 Å². The van der Waals surface area contributed by atoms with Crippen LogP contribution >= 0.6 is 0 Å². The smallest absolute Gasteiger partial charge is 0.313 e. The third kappa shape index (κ3) is 4.57. The predicted octanol–water partition coefficient (Wildman–Crippen LogP) is 4.38. The van der Waals surface area contributed by atoms with Gasteiger partial charge in [0.1, 0.15) is 5.92 Å². The second-order valence-corrected chi connectivity index (χ2v) is 8.41. The number of carbonyl (C=O) groups excluding carboxylic acids is 3. The molecule has 0 aliphatic carbocycles. The quantitative estimate of drug-likeness (QED) is 0.517. The molecule has 1 fully saturated rings. The number of hydrazine groups is 1. The van der Waals surface area contributed by atoms with Crippen molar-refractivity contribution < 1.29 is 19.1 Å². The average Bonchev–Trinajstić information content (AvgIpc) is 3.19. The Kier molecular flexibility index (Phi) is 7.07. The number of esters is 1. The summed E-state index contributed by atoms with van der Waals surface area (Å²) >= 11 is 0. The van der Waals surface area contributed by atoms with E-state index >= 15 is 0 Å². The van der Waals surface area contributed by atoms with Crippen LogP contribution in [-0.4, -0.2) is 47.0 Å². The fourth-order valence-electron chi connectivity index (χ4n) is 4.69. The number of hydrogen-bond donors (Lipinski definition) is 0. The monoisotopic (exact) mass is 456 g/mol. The van der Waals surface area contributed by atoms with Gasteiger partial charge in [0.25, 0.3) is 11.8 Å². The van der Waals surface area contributed by atoms with Gasteiger partial charge in [0.15, 0.2) is 0 Å². The van der Waals surface area contributed by atoms with Gasteiger partial charge in [0, 0.05) is 11.1 Å². The van der Waals surface area contributed by atoms with Crippen molar-refractivity contribution in [3.8, 4) is 0 Å². The molecule has 0 spiro atoms. The number of hydrogen-bond acceptors (Lipinski definition) is 4. The summed E-state index contributed by atoms with van der Waals surface area (Å²) in [4.78, 5) is 40.4.